The Morgan fingerprint density at radius 2 is 2.07 bits per heavy atom. The number of phenols is 1. The van der Waals surface area contributed by atoms with Gasteiger partial charge in [-0.1, -0.05) is 12.1 Å². The Bertz CT molecular complexity index is 465. The Balaban J connectivity index is 2.60. The lowest BCUT2D eigenvalue weighted by Gasteiger charge is -1.99. The summed E-state index contributed by atoms with van der Waals surface area (Å²) in [6.45, 7) is 1.75. The molecule has 0 aliphatic rings. The van der Waals surface area contributed by atoms with Gasteiger partial charge < -0.3 is 9.52 Å². The van der Waals surface area contributed by atoms with Crippen LogP contribution in [0.3, 0.4) is 0 Å². The fourth-order valence-corrected chi connectivity index (χ4v) is 1.49. The topological polar surface area (TPSA) is 46.3 Å². The van der Waals surface area contributed by atoms with Gasteiger partial charge in [-0.15, -0.1) is 0 Å². The number of para-hydroxylation sites is 1. The van der Waals surface area contributed by atoms with Gasteiger partial charge in [0, 0.05) is 5.56 Å². The molecular weight excluding hydrogens is 202 g/mol. The van der Waals surface area contributed by atoms with Gasteiger partial charge in [0.2, 0.25) is 0 Å². The molecule has 1 aromatic heterocycles. The molecule has 0 spiro atoms. The molecular formula is C10H8ClNO2. The van der Waals surface area contributed by atoms with Crippen molar-refractivity contribution in [3.63, 3.8) is 0 Å². The van der Waals surface area contributed by atoms with Crippen molar-refractivity contribution in [2.75, 3.05) is 0 Å². The van der Waals surface area contributed by atoms with Crippen LogP contribution in [0.15, 0.2) is 28.7 Å². The van der Waals surface area contributed by atoms with Crippen molar-refractivity contribution in [3.8, 4) is 17.0 Å². The number of hydrogen-bond donors (Lipinski definition) is 1. The van der Waals surface area contributed by atoms with Crippen LogP contribution in [0.25, 0.3) is 11.3 Å². The predicted octanol–water partition coefficient (Wildman–Crippen LogP) is 3.01. The molecule has 0 aliphatic heterocycles. The van der Waals surface area contributed by atoms with E-state index in [-0.39, 0.29) is 11.1 Å². The maximum Gasteiger partial charge on any atom is 0.292 e. The van der Waals surface area contributed by atoms with Crippen LogP contribution < -0.4 is 0 Å². The smallest absolute Gasteiger partial charge is 0.292 e. The standard InChI is InChI=1S/C10H8ClNO2/c1-6-9(12-10(11)14-6)7-4-2-3-5-8(7)13/h2-5,13H,1H3. The molecule has 72 valence electrons. The van der Waals surface area contributed by atoms with Crippen molar-refractivity contribution in [1.82, 2.24) is 4.98 Å². The Hall–Kier alpha value is -1.48. The van der Waals surface area contributed by atoms with E-state index >= 15 is 0 Å². The van der Waals surface area contributed by atoms with Gasteiger partial charge in [0.25, 0.3) is 5.35 Å². The van der Waals surface area contributed by atoms with Gasteiger partial charge in [-0.05, 0) is 30.7 Å². The van der Waals surface area contributed by atoms with Crippen LogP contribution in [-0.2, 0) is 0 Å². The molecule has 1 N–H and O–H groups in total. The SMILES string of the molecule is Cc1oc(Cl)nc1-c1ccccc1O. The Kier molecular flexibility index (Phi) is 2.17. The molecule has 4 heteroatoms. The third-order valence-electron chi connectivity index (χ3n) is 1.93. The molecule has 0 saturated heterocycles. The highest BCUT2D eigenvalue weighted by atomic mass is 35.5. The Labute approximate surface area is 86.0 Å². The van der Waals surface area contributed by atoms with Crippen LogP contribution in [0.5, 0.6) is 5.75 Å². The molecule has 2 aromatic rings. The number of nitrogens with zero attached hydrogens (tertiary/aromatic N) is 1. The first-order valence-corrected chi connectivity index (χ1v) is 4.47. The number of halogens is 1. The molecule has 1 aromatic carbocycles. The molecule has 0 atom stereocenters. The highest BCUT2D eigenvalue weighted by molar-refractivity contribution is 6.27. The summed E-state index contributed by atoms with van der Waals surface area (Å²) in [7, 11) is 0. The minimum atomic E-state index is 0.0840. The molecule has 0 fully saturated rings. The summed E-state index contributed by atoms with van der Waals surface area (Å²) in [6, 6.07) is 6.92. The summed E-state index contributed by atoms with van der Waals surface area (Å²) in [6.07, 6.45) is 0. The van der Waals surface area contributed by atoms with E-state index in [4.69, 9.17) is 16.0 Å². The zero-order chi connectivity index (χ0) is 10.1. The van der Waals surface area contributed by atoms with E-state index in [0.29, 0.717) is 17.0 Å². The van der Waals surface area contributed by atoms with E-state index in [1.54, 1.807) is 25.1 Å². The molecule has 0 saturated carbocycles. The first kappa shape index (κ1) is 9.09. The summed E-state index contributed by atoms with van der Waals surface area (Å²) in [5.74, 6) is 0.761. The van der Waals surface area contributed by atoms with Crippen LogP contribution in [0.4, 0.5) is 0 Å². The maximum absolute atomic E-state index is 9.57. The van der Waals surface area contributed by atoms with E-state index in [0.717, 1.165) is 0 Å². The molecule has 0 bridgehead atoms. The van der Waals surface area contributed by atoms with Crippen LogP contribution in [0.2, 0.25) is 5.35 Å². The fraction of sp³-hybridized carbons (Fsp3) is 0.100. The van der Waals surface area contributed by atoms with E-state index in [9.17, 15) is 5.11 Å². The van der Waals surface area contributed by atoms with Crippen molar-refractivity contribution in [2.24, 2.45) is 0 Å². The summed E-state index contributed by atoms with van der Waals surface area (Å²) >= 11 is 5.61. The highest BCUT2D eigenvalue weighted by Gasteiger charge is 2.12. The average Bonchev–Trinajstić information content (AvgIpc) is 2.46. The van der Waals surface area contributed by atoms with Crippen molar-refractivity contribution in [1.29, 1.82) is 0 Å². The molecule has 2 rings (SSSR count). The molecule has 1 heterocycles. The minimum Gasteiger partial charge on any atom is -0.507 e. The van der Waals surface area contributed by atoms with Gasteiger partial charge >= 0.3 is 0 Å². The minimum absolute atomic E-state index is 0.0840. The van der Waals surface area contributed by atoms with E-state index in [1.165, 1.54) is 0 Å². The number of hydrogen-bond acceptors (Lipinski definition) is 3. The lowest BCUT2D eigenvalue weighted by atomic mass is 10.1. The lowest BCUT2D eigenvalue weighted by Crippen LogP contribution is -1.80. The first-order valence-electron chi connectivity index (χ1n) is 4.10. The third-order valence-corrected chi connectivity index (χ3v) is 2.09. The van der Waals surface area contributed by atoms with Crippen LogP contribution in [0.1, 0.15) is 5.76 Å². The highest BCUT2D eigenvalue weighted by Crippen LogP contribution is 2.31. The van der Waals surface area contributed by atoms with E-state index < -0.39 is 0 Å². The maximum atomic E-state index is 9.57. The molecule has 0 amide bonds. The van der Waals surface area contributed by atoms with Crippen molar-refractivity contribution < 1.29 is 9.52 Å². The number of aromatic hydroxyl groups is 1. The van der Waals surface area contributed by atoms with Gasteiger partial charge in [0.1, 0.15) is 17.2 Å². The summed E-state index contributed by atoms with van der Waals surface area (Å²) in [5, 5.41) is 9.66. The number of oxazole rings is 1. The van der Waals surface area contributed by atoms with Gasteiger partial charge in [0.05, 0.1) is 0 Å². The average molecular weight is 210 g/mol. The molecule has 0 radical (unpaired) electrons. The fourth-order valence-electron chi connectivity index (χ4n) is 1.29. The Morgan fingerprint density at radius 1 is 1.36 bits per heavy atom. The van der Waals surface area contributed by atoms with E-state index in [1.807, 2.05) is 6.07 Å². The first-order chi connectivity index (χ1) is 6.68. The lowest BCUT2D eigenvalue weighted by molar-refractivity contribution is 0.476. The molecule has 3 nitrogen and oxygen atoms in total. The Morgan fingerprint density at radius 3 is 2.64 bits per heavy atom. The second-order valence-corrected chi connectivity index (χ2v) is 3.21. The summed E-state index contributed by atoms with van der Waals surface area (Å²) < 4.78 is 5.07. The van der Waals surface area contributed by atoms with Crippen molar-refractivity contribution in [2.45, 2.75) is 6.92 Å². The van der Waals surface area contributed by atoms with E-state index in [2.05, 4.69) is 4.98 Å². The normalized spacial score (nSPS) is 10.4. The van der Waals surface area contributed by atoms with Crippen LogP contribution >= 0.6 is 11.6 Å². The molecule has 0 unspecified atom stereocenters. The quantitative estimate of drug-likeness (QED) is 0.785. The third kappa shape index (κ3) is 1.46. The molecule has 0 aliphatic carbocycles. The van der Waals surface area contributed by atoms with Gasteiger partial charge in [0.15, 0.2) is 0 Å². The van der Waals surface area contributed by atoms with Crippen LogP contribution in [0, 0.1) is 6.92 Å². The monoisotopic (exact) mass is 209 g/mol. The zero-order valence-corrected chi connectivity index (χ0v) is 8.25. The predicted molar refractivity (Wildman–Crippen MR) is 53.4 cm³/mol. The number of aryl methyl sites for hydroxylation is 1. The second kappa shape index (κ2) is 3.35. The summed E-state index contributed by atoms with van der Waals surface area (Å²) in [5.41, 5.74) is 1.20. The number of phenolic OH excluding ortho intramolecular Hbond substituents is 1. The van der Waals surface area contributed by atoms with Crippen molar-refractivity contribution >= 4 is 11.6 Å². The van der Waals surface area contributed by atoms with Crippen LogP contribution in [-0.4, -0.2) is 10.1 Å². The van der Waals surface area contributed by atoms with Gasteiger partial charge in [-0.25, -0.2) is 0 Å². The number of aromatic nitrogens is 1. The number of benzene rings is 1. The second-order valence-electron chi connectivity index (χ2n) is 2.89. The molecule has 14 heavy (non-hydrogen) atoms. The number of rotatable bonds is 1. The largest absolute Gasteiger partial charge is 0.507 e. The van der Waals surface area contributed by atoms with Gasteiger partial charge in [-0.2, -0.15) is 4.98 Å². The zero-order valence-electron chi connectivity index (χ0n) is 7.49. The summed E-state index contributed by atoms with van der Waals surface area (Å²) in [4.78, 5) is 3.98. The van der Waals surface area contributed by atoms with Gasteiger partial charge in [-0.3, -0.25) is 0 Å². The van der Waals surface area contributed by atoms with Crippen molar-refractivity contribution in [3.05, 3.63) is 35.4 Å².